The number of benzene rings is 4. The number of esters is 2. The Morgan fingerprint density at radius 1 is 0.622 bits per heavy atom. The number of ether oxygens (including phenoxy) is 2. The maximum atomic E-state index is 12.9. The molecule has 0 bridgehead atoms. The molecule has 4 nitrogen and oxygen atoms in total. The first kappa shape index (κ1) is 26.7. The van der Waals surface area contributed by atoms with Crippen LogP contribution in [0, 0.1) is 0 Å². The zero-order valence-corrected chi connectivity index (χ0v) is 22.3. The van der Waals surface area contributed by atoms with Gasteiger partial charge in [-0.15, -0.1) is 11.8 Å². The van der Waals surface area contributed by atoms with E-state index in [1.807, 2.05) is 38.1 Å². The molecule has 0 saturated carbocycles. The van der Waals surface area contributed by atoms with E-state index >= 15 is 0 Å². The Balaban J connectivity index is 1.47. The third-order valence-electron chi connectivity index (χ3n) is 6.45. The van der Waals surface area contributed by atoms with Crippen LogP contribution < -0.4 is 0 Å². The summed E-state index contributed by atoms with van der Waals surface area (Å²) in [6.45, 7) is 4.25. The lowest BCUT2D eigenvalue weighted by Crippen LogP contribution is -2.29. The minimum atomic E-state index is -0.447. The largest absolute Gasteiger partial charge is 0.465 e. The molecular formula is C32H34O4S. The summed E-state index contributed by atoms with van der Waals surface area (Å²) in [6.07, 6.45) is 2.63. The van der Waals surface area contributed by atoms with Gasteiger partial charge in [0, 0.05) is 0 Å². The molecule has 2 atom stereocenters. The number of fused-ring (bicyclic) bond motifs is 2. The van der Waals surface area contributed by atoms with Crippen LogP contribution in [0.1, 0.15) is 37.8 Å². The van der Waals surface area contributed by atoms with E-state index in [0.29, 0.717) is 26.1 Å². The van der Waals surface area contributed by atoms with Crippen LogP contribution in [0.5, 0.6) is 0 Å². The molecule has 37 heavy (non-hydrogen) atoms. The van der Waals surface area contributed by atoms with Crippen LogP contribution in [0.15, 0.2) is 84.9 Å². The van der Waals surface area contributed by atoms with Crippen molar-refractivity contribution in [3.05, 3.63) is 96.1 Å². The molecule has 0 N–H and O–H groups in total. The van der Waals surface area contributed by atoms with Crippen molar-refractivity contribution in [1.82, 2.24) is 0 Å². The maximum Gasteiger partial charge on any atom is 0.319 e. The van der Waals surface area contributed by atoms with Gasteiger partial charge in [0.25, 0.3) is 0 Å². The normalized spacial score (nSPS) is 12.8. The van der Waals surface area contributed by atoms with E-state index in [4.69, 9.17) is 9.47 Å². The van der Waals surface area contributed by atoms with Gasteiger partial charge in [-0.05, 0) is 72.2 Å². The molecule has 0 spiro atoms. The summed E-state index contributed by atoms with van der Waals surface area (Å²) in [5.41, 5.74) is 2.33. The highest BCUT2D eigenvalue weighted by Crippen LogP contribution is 2.29. The number of hydrogen-bond donors (Lipinski definition) is 0. The Labute approximate surface area is 223 Å². The van der Waals surface area contributed by atoms with Gasteiger partial charge in [-0.3, -0.25) is 9.59 Å². The number of carbonyl (C=O) groups is 2. The van der Waals surface area contributed by atoms with Crippen molar-refractivity contribution in [2.75, 3.05) is 13.2 Å². The molecule has 0 aliphatic rings. The second-order valence-corrected chi connectivity index (χ2v) is 10.5. The zero-order valence-electron chi connectivity index (χ0n) is 21.5. The van der Waals surface area contributed by atoms with Crippen LogP contribution in [-0.2, 0) is 31.9 Å². The summed E-state index contributed by atoms with van der Waals surface area (Å²) in [5.74, 6) is -0.540. The van der Waals surface area contributed by atoms with Gasteiger partial charge in [-0.25, -0.2) is 0 Å². The third kappa shape index (κ3) is 7.36. The van der Waals surface area contributed by atoms with Crippen LogP contribution in [0.2, 0.25) is 0 Å². The molecule has 4 aromatic rings. The minimum absolute atomic E-state index is 0.270. The Kier molecular flexibility index (Phi) is 9.61. The number of hydrogen-bond acceptors (Lipinski definition) is 5. The first-order valence-corrected chi connectivity index (χ1v) is 14.0. The minimum Gasteiger partial charge on any atom is -0.465 e. The van der Waals surface area contributed by atoms with E-state index in [0.717, 1.165) is 24.0 Å². The third-order valence-corrected chi connectivity index (χ3v) is 7.96. The molecule has 2 unspecified atom stereocenters. The van der Waals surface area contributed by atoms with Gasteiger partial charge in [0.05, 0.1) is 13.2 Å². The van der Waals surface area contributed by atoms with E-state index in [-0.39, 0.29) is 11.9 Å². The highest BCUT2D eigenvalue weighted by molar-refractivity contribution is 8.01. The highest BCUT2D eigenvalue weighted by atomic mass is 32.2. The molecule has 0 amide bonds. The van der Waals surface area contributed by atoms with Crippen molar-refractivity contribution < 1.29 is 19.1 Å². The summed E-state index contributed by atoms with van der Waals surface area (Å²) >= 11 is 1.38. The van der Waals surface area contributed by atoms with E-state index in [1.165, 1.54) is 33.3 Å². The average Bonchev–Trinajstić information content (AvgIpc) is 2.92. The van der Waals surface area contributed by atoms with Gasteiger partial charge in [0.1, 0.15) is 10.5 Å². The van der Waals surface area contributed by atoms with E-state index in [2.05, 4.69) is 60.7 Å². The van der Waals surface area contributed by atoms with Crippen LogP contribution in [-0.4, -0.2) is 35.7 Å². The molecule has 4 rings (SSSR count). The summed E-state index contributed by atoms with van der Waals surface area (Å²) in [5, 5.41) is 3.85. The summed E-state index contributed by atoms with van der Waals surface area (Å²) in [6, 6.07) is 29.3. The fourth-order valence-corrected chi connectivity index (χ4v) is 5.80. The Morgan fingerprint density at radius 2 is 1.03 bits per heavy atom. The lowest BCUT2D eigenvalue weighted by Gasteiger charge is -2.21. The van der Waals surface area contributed by atoms with Crippen LogP contribution in [0.4, 0.5) is 0 Å². The molecule has 0 aliphatic heterocycles. The molecule has 192 valence electrons. The standard InChI is InChI=1S/C32H34O4S/c1-3-35-31(33)29(19-15-23-13-17-25-9-5-7-11-27(25)21-23)37-30(32(34)36-4-2)20-16-24-14-18-26-10-6-8-12-28(26)22-24/h5-14,17-18,21-22,29-30H,3-4,15-16,19-20H2,1-2H3. The average molecular weight is 515 g/mol. The first-order chi connectivity index (χ1) is 18.1. The molecule has 0 radical (unpaired) electrons. The van der Waals surface area contributed by atoms with Crippen molar-refractivity contribution in [2.45, 2.75) is 50.0 Å². The molecule has 4 aromatic carbocycles. The Morgan fingerprint density at radius 3 is 1.43 bits per heavy atom. The number of carbonyl (C=O) groups excluding carboxylic acids is 2. The van der Waals surface area contributed by atoms with Crippen molar-refractivity contribution in [3.63, 3.8) is 0 Å². The molecule has 5 heteroatoms. The van der Waals surface area contributed by atoms with Gasteiger partial charge in [0.2, 0.25) is 0 Å². The summed E-state index contributed by atoms with van der Waals surface area (Å²) < 4.78 is 10.8. The van der Waals surface area contributed by atoms with Gasteiger partial charge < -0.3 is 9.47 Å². The van der Waals surface area contributed by atoms with Gasteiger partial charge in [-0.2, -0.15) is 0 Å². The Bertz CT molecular complexity index is 1250. The predicted octanol–water partition coefficient (Wildman–Crippen LogP) is 7.16. The predicted molar refractivity (Wildman–Crippen MR) is 153 cm³/mol. The van der Waals surface area contributed by atoms with Crippen LogP contribution in [0.3, 0.4) is 0 Å². The Hall–Kier alpha value is -3.31. The molecule has 0 aromatic heterocycles. The number of thioether (sulfide) groups is 1. The fourth-order valence-electron chi connectivity index (χ4n) is 4.54. The van der Waals surface area contributed by atoms with E-state index in [9.17, 15) is 9.59 Å². The number of aryl methyl sites for hydroxylation is 2. The smallest absolute Gasteiger partial charge is 0.319 e. The van der Waals surface area contributed by atoms with Crippen molar-refractivity contribution in [1.29, 1.82) is 0 Å². The molecule has 0 saturated heterocycles. The van der Waals surface area contributed by atoms with Gasteiger partial charge >= 0.3 is 11.9 Å². The van der Waals surface area contributed by atoms with E-state index < -0.39 is 10.5 Å². The fraction of sp³-hybridized carbons (Fsp3) is 0.312. The second-order valence-electron chi connectivity index (χ2n) is 9.06. The summed E-state index contributed by atoms with van der Waals surface area (Å²) in [4.78, 5) is 25.8. The van der Waals surface area contributed by atoms with Gasteiger partial charge in [0.15, 0.2) is 0 Å². The van der Waals surface area contributed by atoms with E-state index in [1.54, 1.807) is 0 Å². The first-order valence-electron chi connectivity index (χ1n) is 13.0. The van der Waals surface area contributed by atoms with Crippen LogP contribution >= 0.6 is 11.8 Å². The molecular weight excluding hydrogens is 480 g/mol. The monoisotopic (exact) mass is 514 g/mol. The van der Waals surface area contributed by atoms with Crippen LogP contribution in [0.25, 0.3) is 21.5 Å². The SMILES string of the molecule is CCOC(=O)C(CCc1ccc2ccccc2c1)SC(CCc1ccc2ccccc2c1)C(=O)OCC. The van der Waals surface area contributed by atoms with Gasteiger partial charge in [-0.1, -0.05) is 84.9 Å². The summed E-state index contributed by atoms with van der Waals surface area (Å²) in [7, 11) is 0. The molecule has 0 heterocycles. The molecule has 0 fully saturated rings. The van der Waals surface area contributed by atoms with Crippen molar-refractivity contribution in [3.8, 4) is 0 Å². The lowest BCUT2D eigenvalue weighted by atomic mass is 10.0. The van der Waals surface area contributed by atoms with Crippen molar-refractivity contribution >= 4 is 45.2 Å². The quantitative estimate of drug-likeness (QED) is 0.188. The maximum absolute atomic E-state index is 12.9. The second kappa shape index (κ2) is 13.3. The highest BCUT2D eigenvalue weighted by Gasteiger charge is 2.29. The molecule has 0 aliphatic carbocycles. The zero-order chi connectivity index (χ0) is 26.0. The lowest BCUT2D eigenvalue weighted by molar-refractivity contribution is -0.142. The number of rotatable bonds is 12. The topological polar surface area (TPSA) is 52.6 Å². The van der Waals surface area contributed by atoms with Crippen molar-refractivity contribution in [2.24, 2.45) is 0 Å².